The van der Waals surface area contributed by atoms with E-state index < -0.39 is 5.97 Å². The average Bonchev–Trinajstić information content (AvgIpc) is 2.99. The molecule has 2 aliphatic heterocycles. The summed E-state index contributed by atoms with van der Waals surface area (Å²) in [7, 11) is 2.14. The molecule has 208 valence electrons. The Balaban J connectivity index is 1.27. The molecule has 0 unspecified atom stereocenters. The Morgan fingerprint density at radius 2 is 1.65 bits per heavy atom. The number of benzene rings is 2. The summed E-state index contributed by atoms with van der Waals surface area (Å²) in [6, 6.07) is 15.2. The van der Waals surface area contributed by atoms with Crippen molar-refractivity contribution in [2.45, 2.75) is 6.54 Å². The van der Waals surface area contributed by atoms with Crippen LogP contribution in [0.4, 0.5) is 0 Å². The summed E-state index contributed by atoms with van der Waals surface area (Å²) < 4.78 is 17.2. The number of hydrogen-bond donors (Lipinski definition) is 0. The van der Waals surface area contributed by atoms with E-state index in [0.717, 1.165) is 71.1 Å². The lowest BCUT2D eigenvalue weighted by atomic mass is 10.1. The molecule has 3 aromatic rings. The van der Waals surface area contributed by atoms with Crippen LogP contribution in [0.2, 0.25) is 0 Å². The van der Waals surface area contributed by atoms with Gasteiger partial charge in [-0.15, -0.1) is 0 Å². The molecule has 2 aromatic carbocycles. The van der Waals surface area contributed by atoms with Crippen molar-refractivity contribution in [3.8, 4) is 23.3 Å². The fourth-order valence-corrected chi connectivity index (χ4v) is 4.58. The summed E-state index contributed by atoms with van der Waals surface area (Å²) in [5.74, 6) is 6.83. The number of hydrogen-bond acceptors (Lipinski definition) is 9. The topological polar surface area (TPSA) is 80.3 Å². The molecule has 0 saturated carbocycles. The highest BCUT2D eigenvalue weighted by molar-refractivity contribution is 5.88. The summed E-state index contributed by atoms with van der Waals surface area (Å²) >= 11 is 0. The molecule has 0 amide bonds. The van der Waals surface area contributed by atoms with Crippen molar-refractivity contribution < 1.29 is 19.0 Å². The molecule has 2 aliphatic rings. The fraction of sp³-hybridized carbons (Fsp3) is 0.387. The lowest BCUT2D eigenvalue weighted by Gasteiger charge is -2.32. The number of nitrogens with zero attached hydrogens (tertiary/aromatic N) is 5. The van der Waals surface area contributed by atoms with Crippen molar-refractivity contribution in [2.75, 3.05) is 72.7 Å². The van der Waals surface area contributed by atoms with Crippen LogP contribution in [0.1, 0.15) is 27.2 Å². The Morgan fingerprint density at radius 1 is 0.900 bits per heavy atom. The predicted molar refractivity (Wildman–Crippen MR) is 151 cm³/mol. The fourth-order valence-electron chi connectivity index (χ4n) is 4.58. The summed E-state index contributed by atoms with van der Waals surface area (Å²) in [5, 5.41) is 0. The van der Waals surface area contributed by atoms with Gasteiger partial charge in [0.2, 0.25) is 0 Å². The average molecular weight is 542 g/mol. The zero-order valence-electron chi connectivity index (χ0n) is 22.9. The highest BCUT2D eigenvalue weighted by Crippen LogP contribution is 2.24. The van der Waals surface area contributed by atoms with Gasteiger partial charge in [0.05, 0.1) is 13.2 Å². The highest BCUT2D eigenvalue weighted by Gasteiger charge is 2.15. The van der Waals surface area contributed by atoms with Gasteiger partial charge in [-0.1, -0.05) is 24.0 Å². The van der Waals surface area contributed by atoms with Crippen molar-refractivity contribution >= 4 is 5.97 Å². The first-order valence-electron chi connectivity index (χ1n) is 13.7. The molecule has 5 rings (SSSR count). The van der Waals surface area contributed by atoms with Crippen LogP contribution >= 0.6 is 0 Å². The molecule has 0 aliphatic carbocycles. The monoisotopic (exact) mass is 541 g/mol. The minimum absolute atomic E-state index is 0.182. The molecule has 0 spiro atoms. The second-order valence-electron chi connectivity index (χ2n) is 10.0. The number of rotatable bonds is 8. The standard InChI is InChI=1S/C31H35N5O4/c1-34-10-12-35(13-11-34)16-19-39-28-20-27(21-29(22-28)40-31(37)30-8-9-32-24-33-30)7-4-25-2-5-26(6-3-25)23-36-14-17-38-18-15-36/h2-3,5-6,8-9,20-22,24H,10-19,23H2,1H3. The van der Waals surface area contributed by atoms with E-state index in [1.165, 1.54) is 24.2 Å². The molecule has 0 radical (unpaired) electrons. The van der Waals surface area contributed by atoms with E-state index in [1.54, 1.807) is 12.1 Å². The lowest BCUT2D eigenvalue weighted by Crippen LogP contribution is -2.45. The molecule has 9 heteroatoms. The quantitative estimate of drug-likeness (QED) is 0.243. The van der Waals surface area contributed by atoms with Crippen LogP contribution < -0.4 is 9.47 Å². The maximum atomic E-state index is 12.6. The second-order valence-corrected chi connectivity index (χ2v) is 10.0. The van der Waals surface area contributed by atoms with Crippen molar-refractivity contribution in [1.29, 1.82) is 0 Å². The van der Waals surface area contributed by atoms with E-state index in [0.29, 0.717) is 23.7 Å². The molecule has 1 aromatic heterocycles. The normalized spacial score (nSPS) is 16.6. The highest BCUT2D eigenvalue weighted by atomic mass is 16.5. The third kappa shape index (κ3) is 8.34. The molecular weight excluding hydrogens is 506 g/mol. The van der Waals surface area contributed by atoms with E-state index in [-0.39, 0.29) is 5.69 Å². The number of esters is 1. The molecule has 0 N–H and O–H groups in total. The van der Waals surface area contributed by atoms with Gasteiger partial charge in [0.15, 0.2) is 5.69 Å². The first kappa shape index (κ1) is 27.7. The Hall–Kier alpha value is -3.81. The van der Waals surface area contributed by atoms with E-state index >= 15 is 0 Å². The zero-order chi connectivity index (χ0) is 27.6. The number of ether oxygens (including phenoxy) is 3. The number of piperazine rings is 1. The number of morpholine rings is 1. The Bertz CT molecular complexity index is 1310. The maximum Gasteiger partial charge on any atom is 0.362 e. The van der Waals surface area contributed by atoms with Crippen LogP contribution in [-0.4, -0.2) is 103 Å². The number of carbonyl (C=O) groups is 1. The number of carbonyl (C=O) groups excluding carboxylic acids is 1. The molecule has 9 nitrogen and oxygen atoms in total. The minimum atomic E-state index is -0.563. The number of likely N-dealkylation sites (N-methyl/N-ethyl adjacent to an activating group) is 1. The summed E-state index contributed by atoms with van der Waals surface area (Å²) in [4.78, 5) is 27.6. The van der Waals surface area contributed by atoms with Gasteiger partial charge in [-0.2, -0.15) is 0 Å². The van der Waals surface area contributed by atoms with Crippen LogP contribution in [0.3, 0.4) is 0 Å². The van der Waals surface area contributed by atoms with Crippen molar-refractivity contribution in [3.05, 3.63) is 83.4 Å². The van der Waals surface area contributed by atoms with E-state index in [9.17, 15) is 4.79 Å². The van der Waals surface area contributed by atoms with Crippen molar-refractivity contribution in [1.82, 2.24) is 24.7 Å². The van der Waals surface area contributed by atoms with Crippen LogP contribution in [0.25, 0.3) is 0 Å². The summed E-state index contributed by atoms with van der Waals surface area (Å²) in [6.07, 6.45) is 2.82. The van der Waals surface area contributed by atoms with E-state index in [2.05, 4.69) is 55.7 Å². The maximum absolute atomic E-state index is 12.6. The third-order valence-corrected chi connectivity index (χ3v) is 6.97. The van der Waals surface area contributed by atoms with Crippen molar-refractivity contribution in [3.63, 3.8) is 0 Å². The summed E-state index contributed by atoms with van der Waals surface area (Å²) in [5.41, 5.74) is 3.04. The van der Waals surface area contributed by atoms with Crippen LogP contribution in [0.15, 0.2) is 61.1 Å². The molecule has 0 bridgehead atoms. The van der Waals surface area contributed by atoms with Crippen molar-refractivity contribution in [2.24, 2.45) is 0 Å². The first-order chi connectivity index (χ1) is 19.6. The third-order valence-electron chi connectivity index (χ3n) is 6.97. The Morgan fingerprint density at radius 3 is 2.40 bits per heavy atom. The molecular formula is C31H35N5O4. The van der Waals surface area contributed by atoms with Gasteiger partial charge in [-0.3, -0.25) is 9.80 Å². The number of aromatic nitrogens is 2. The minimum Gasteiger partial charge on any atom is -0.492 e. The SMILES string of the molecule is CN1CCN(CCOc2cc(C#Cc3ccc(CN4CCOCC4)cc3)cc(OC(=O)c3ccncn3)c2)CC1. The Kier molecular flexibility index (Phi) is 9.72. The van der Waals surface area contributed by atoms with Gasteiger partial charge in [0.1, 0.15) is 24.4 Å². The first-order valence-corrected chi connectivity index (χ1v) is 13.7. The van der Waals surface area contributed by atoms with Crippen LogP contribution in [0.5, 0.6) is 11.5 Å². The molecule has 2 fully saturated rings. The van der Waals surface area contributed by atoms with Gasteiger partial charge in [0, 0.05) is 75.7 Å². The molecule has 40 heavy (non-hydrogen) atoms. The zero-order valence-corrected chi connectivity index (χ0v) is 22.9. The van der Waals surface area contributed by atoms with Crippen LogP contribution in [-0.2, 0) is 11.3 Å². The van der Waals surface area contributed by atoms with Gasteiger partial charge in [-0.05, 0) is 42.9 Å². The largest absolute Gasteiger partial charge is 0.492 e. The molecule has 3 heterocycles. The Labute approximate surface area is 235 Å². The smallest absolute Gasteiger partial charge is 0.362 e. The van der Waals surface area contributed by atoms with Crippen LogP contribution in [0, 0.1) is 11.8 Å². The predicted octanol–water partition coefficient (Wildman–Crippen LogP) is 2.55. The summed E-state index contributed by atoms with van der Waals surface area (Å²) in [6.45, 7) is 9.93. The van der Waals surface area contributed by atoms with Gasteiger partial charge >= 0.3 is 5.97 Å². The van der Waals surface area contributed by atoms with E-state index in [1.807, 2.05) is 18.2 Å². The lowest BCUT2D eigenvalue weighted by molar-refractivity contribution is 0.0342. The second kappa shape index (κ2) is 14.0. The van der Waals surface area contributed by atoms with Gasteiger partial charge < -0.3 is 19.1 Å². The van der Waals surface area contributed by atoms with Gasteiger partial charge in [-0.25, -0.2) is 14.8 Å². The van der Waals surface area contributed by atoms with E-state index in [4.69, 9.17) is 14.2 Å². The molecule has 2 saturated heterocycles. The molecule has 0 atom stereocenters. The van der Waals surface area contributed by atoms with Gasteiger partial charge in [0.25, 0.3) is 0 Å².